The summed E-state index contributed by atoms with van der Waals surface area (Å²) in [7, 11) is 0. The molecule has 0 spiro atoms. The average molecular weight is 198 g/mol. The predicted molar refractivity (Wildman–Crippen MR) is 58.2 cm³/mol. The van der Waals surface area contributed by atoms with Gasteiger partial charge in [0.25, 0.3) is 0 Å². The summed E-state index contributed by atoms with van der Waals surface area (Å²) in [5.74, 6) is -0.131. The highest BCUT2D eigenvalue weighted by Crippen LogP contribution is 2.15. The number of unbranched alkanes of at least 4 members (excludes halogenated alkanes) is 1. The first-order chi connectivity index (χ1) is 6.54. The predicted octanol–water partition coefficient (Wildman–Crippen LogP) is 3.00. The minimum absolute atomic E-state index is 0.0227. The van der Waals surface area contributed by atoms with E-state index in [9.17, 15) is 9.59 Å². The van der Waals surface area contributed by atoms with Crippen molar-refractivity contribution < 1.29 is 9.59 Å². The summed E-state index contributed by atoms with van der Waals surface area (Å²) in [6.07, 6.45) is 3.13. The summed E-state index contributed by atoms with van der Waals surface area (Å²) < 4.78 is 0. The molecule has 0 amide bonds. The molecule has 0 aliphatic carbocycles. The highest BCUT2D eigenvalue weighted by atomic mass is 16.2. The maximum absolute atomic E-state index is 11.7. The standard InChI is InChI=1S/C12H22O2/c1-5-7-8-11(13)10(6-2)12(14)9(3)4/h9-10H,5-8H2,1-4H3. The van der Waals surface area contributed by atoms with Gasteiger partial charge in [0.2, 0.25) is 0 Å². The van der Waals surface area contributed by atoms with E-state index in [-0.39, 0.29) is 23.4 Å². The van der Waals surface area contributed by atoms with E-state index in [0.717, 1.165) is 12.8 Å². The maximum Gasteiger partial charge on any atom is 0.145 e. The molecule has 0 saturated heterocycles. The summed E-state index contributed by atoms with van der Waals surface area (Å²) in [6.45, 7) is 7.68. The second-order valence-corrected chi connectivity index (χ2v) is 4.09. The van der Waals surface area contributed by atoms with E-state index < -0.39 is 0 Å². The molecule has 2 heteroatoms. The molecule has 0 bridgehead atoms. The van der Waals surface area contributed by atoms with Gasteiger partial charge in [-0.3, -0.25) is 9.59 Å². The van der Waals surface area contributed by atoms with Crippen molar-refractivity contribution in [3.8, 4) is 0 Å². The SMILES string of the molecule is CCCCC(=O)C(CC)C(=O)C(C)C. The largest absolute Gasteiger partial charge is 0.299 e. The zero-order valence-electron chi connectivity index (χ0n) is 9.80. The molecule has 0 saturated carbocycles. The van der Waals surface area contributed by atoms with Gasteiger partial charge in [-0.25, -0.2) is 0 Å². The van der Waals surface area contributed by atoms with Crippen molar-refractivity contribution in [3.63, 3.8) is 0 Å². The summed E-state index contributed by atoms with van der Waals surface area (Å²) in [5.41, 5.74) is 0. The van der Waals surface area contributed by atoms with Crippen LogP contribution >= 0.6 is 0 Å². The van der Waals surface area contributed by atoms with Gasteiger partial charge in [0, 0.05) is 12.3 Å². The molecule has 0 fully saturated rings. The van der Waals surface area contributed by atoms with Crippen molar-refractivity contribution in [2.75, 3.05) is 0 Å². The number of Topliss-reactive ketones (excluding diaryl/α,β-unsaturated/α-hetero) is 2. The molecule has 0 N–H and O–H groups in total. The molecule has 0 aromatic heterocycles. The number of ketones is 2. The molecule has 14 heavy (non-hydrogen) atoms. The van der Waals surface area contributed by atoms with Crippen LogP contribution in [0.4, 0.5) is 0 Å². The summed E-state index contributed by atoms with van der Waals surface area (Å²) in [6, 6.07) is 0. The molecule has 2 nitrogen and oxygen atoms in total. The van der Waals surface area contributed by atoms with Crippen molar-refractivity contribution >= 4 is 11.6 Å². The number of carbonyl (C=O) groups is 2. The summed E-state index contributed by atoms with van der Waals surface area (Å²) >= 11 is 0. The van der Waals surface area contributed by atoms with E-state index in [4.69, 9.17) is 0 Å². The lowest BCUT2D eigenvalue weighted by Gasteiger charge is -2.14. The van der Waals surface area contributed by atoms with Crippen LogP contribution in [0.15, 0.2) is 0 Å². The number of carbonyl (C=O) groups excluding carboxylic acids is 2. The molecule has 0 aliphatic heterocycles. The van der Waals surface area contributed by atoms with Gasteiger partial charge in [0.05, 0.1) is 5.92 Å². The van der Waals surface area contributed by atoms with Crippen LogP contribution in [-0.2, 0) is 9.59 Å². The van der Waals surface area contributed by atoms with Gasteiger partial charge < -0.3 is 0 Å². The Labute approximate surface area is 87.1 Å². The minimum Gasteiger partial charge on any atom is -0.299 e. The maximum atomic E-state index is 11.7. The van der Waals surface area contributed by atoms with Crippen LogP contribution in [0, 0.1) is 11.8 Å². The van der Waals surface area contributed by atoms with E-state index in [0.29, 0.717) is 12.8 Å². The van der Waals surface area contributed by atoms with Crippen molar-refractivity contribution in [3.05, 3.63) is 0 Å². The smallest absolute Gasteiger partial charge is 0.145 e. The van der Waals surface area contributed by atoms with E-state index >= 15 is 0 Å². The van der Waals surface area contributed by atoms with Crippen LogP contribution in [0.3, 0.4) is 0 Å². The van der Waals surface area contributed by atoms with E-state index in [1.54, 1.807) is 0 Å². The zero-order valence-corrected chi connectivity index (χ0v) is 9.80. The van der Waals surface area contributed by atoms with E-state index in [2.05, 4.69) is 6.92 Å². The molecular formula is C12H22O2. The molecule has 1 atom stereocenters. The van der Waals surface area contributed by atoms with Crippen LogP contribution < -0.4 is 0 Å². The van der Waals surface area contributed by atoms with Gasteiger partial charge in [0.15, 0.2) is 0 Å². The van der Waals surface area contributed by atoms with Crippen molar-refractivity contribution in [1.82, 2.24) is 0 Å². The summed E-state index contributed by atoms with van der Waals surface area (Å²) in [5, 5.41) is 0. The fourth-order valence-corrected chi connectivity index (χ4v) is 1.52. The monoisotopic (exact) mass is 198 g/mol. The fraction of sp³-hybridized carbons (Fsp3) is 0.833. The average Bonchev–Trinajstić information content (AvgIpc) is 2.15. The lowest BCUT2D eigenvalue weighted by atomic mass is 9.87. The quantitative estimate of drug-likeness (QED) is 0.589. The Balaban J connectivity index is 4.25. The Hall–Kier alpha value is -0.660. The Morgan fingerprint density at radius 3 is 2.07 bits per heavy atom. The van der Waals surface area contributed by atoms with Crippen LogP contribution in [0.25, 0.3) is 0 Å². The second kappa shape index (κ2) is 6.74. The Bertz CT molecular complexity index is 194. The molecule has 0 aliphatic rings. The topological polar surface area (TPSA) is 34.1 Å². The molecule has 0 rings (SSSR count). The van der Waals surface area contributed by atoms with Crippen LogP contribution in [0.2, 0.25) is 0 Å². The molecule has 82 valence electrons. The minimum atomic E-state index is -0.346. The highest BCUT2D eigenvalue weighted by Gasteiger charge is 2.25. The van der Waals surface area contributed by atoms with Gasteiger partial charge in [-0.1, -0.05) is 34.1 Å². The molecular weight excluding hydrogens is 176 g/mol. The van der Waals surface area contributed by atoms with Gasteiger partial charge in [-0.15, -0.1) is 0 Å². The number of rotatable bonds is 7. The third-order valence-electron chi connectivity index (χ3n) is 2.49. The van der Waals surface area contributed by atoms with Crippen LogP contribution in [0.1, 0.15) is 53.4 Å². The van der Waals surface area contributed by atoms with Crippen molar-refractivity contribution in [1.29, 1.82) is 0 Å². The van der Waals surface area contributed by atoms with E-state index in [1.807, 2.05) is 20.8 Å². The zero-order chi connectivity index (χ0) is 11.1. The third kappa shape index (κ3) is 4.03. The Morgan fingerprint density at radius 1 is 1.14 bits per heavy atom. The highest BCUT2D eigenvalue weighted by molar-refractivity contribution is 6.02. The first-order valence-electron chi connectivity index (χ1n) is 5.60. The normalized spacial score (nSPS) is 12.9. The van der Waals surface area contributed by atoms with Gasteiger partial charge >= 0.3 is 0 Å². The van der Waals surface area contributed by atoms with Gasteiger partial charge in [-0.05, 0) is 12.8 Å². The third-order valence-corrected chi connectivity index (χ3v) is 2.49. The second-order valence-electron chi connectivity index (χ2n) is 4.09. The molecule has 1 unspecified atom stereocenters. The van der Waals surface area contributed by atoms with Gasteiger partial charge in [0.1, 0.15) is 11.6 Å². The number of hydrogen-bond donors (Lipinski definition) is 0. The molecule has 0 radical (unpaired) electrons. The first kappa shape index (κ1) is 13.3. The Kier molecular flexibility index (Phi) is 6.43. The van der Waals surface area contributed by atoms with Gasteiger partial charge in [-0.2, -0.15) is 0 Å². The lowest BCUT2D eigenvalue weighted by Crippen LogP contribution is -2.27. The summed E-state index contributed by atoms with van der Waals surface area (Å²) in [4.78, 5) is 23.3. The van der Waals surface area contributed by atoms with Crippen LogP contribution in [0.5, 0.6) is 0 Å². The first-order valence-corrected chi connectivity index (χ1v) is 5.60. The Morgan fingerprint density at radius 2 is 1.71 bits per heavy atom. The lowest BCUT2D eigenvalue weighted by molar-refractivity contribution is -0.134. The molecule has 0 aromatic carbocycles. The molecule has 0 heterocycles. The van der Waals surface area contributed by atoms with Crippen molar-refractivity contribution in [2.45, 2.75) is 53.4 Å². The van der Waals surface area contributed by atoms with E-state index in [1.165, 1.54) is 0 Å². The van der Waals surface area contributed by atoms with Crippen LogP contribution in [-0.4, -0.2) is 11.6 Å². The molecule has 0 aromatic rings. The van der Waals surface area contributed by atoms with Crippen molar-refractivity contribution in [2.24, 2.45) is 11.8 Å². The number of hydrogen-bond acceptors (Lipinski definition) is 2. The fourth-order valence-electron chi connectivity index (χ4n) is 1.52.